The fourth-order valence-corrected chi connectivity index (χ4v) is 0.755. The normalized spacial score (nSPS) is 10.5. The summed E-state index contributed by atoms with van der Waals surface area (Å²) in [4.78, 5) is 0. The molecule has 0 aliphatic rings. The highest BCUT2D eigenvalue weighted by Crippen LogP contribution is 2.15. The number of benzene rings is 1. The molecule has 1 aromatic carbocycles. The van der Waals surface area contributed by atoms with E-state index in [0.29, 0.717) is 0 Å². The van der Waals surface area contributed by atoms with Crippen molar-refractivity contribution in [1.82, 2.24) is 0 Å². The number of rotatable bonds is 1. The highest BCUT2D eigenvalue weighted by Gasteiger charge is 1.91. The Hall–Kier alpha value is -1.24. The molecule has 0 saturated carbocycles. The molecule has 0 aromatic heterocycles. The number of hydrogen-bond acceptors (Lipinski definition) is 1. The van der Waals surface area contributed by atoms with Crippen molar-refractivity contribution in [2.75, 3.05) is 0 Å². The van der Waals surface area contributed by atoms with Crippen LogP contribution in [0.1, 0.15) is 12.5 Å². The summed E-state index contributed by atoms with van der Waals surface area (Å²) in [7, 11) is 0. The summed E-state index contributed by atoms with van der Waals surface area (Å²) < 4.78 is 0. The lowest BCUT2D eigenvalue weighted by molar-refractivity contribution is 0.473. The second-order valence-corrected chi connectivity index (χ2v) is 1.97. The molecule has 0 heterocycles. The van der Waals surface area contributed by atoms with Gasteiger partial charge in [-0.1, -0.05) is 30.4 Å². The van der Waals surface area contributed by atoms with Gasteiger partial charge in [-0.3, -0.25) is 0 Å². The van der Waals surface area contributed by atoms with Gasteiger partial charge in [0.25, 0.3) is 0 Å². The predicted octanol–water partition coefficient (Wildman–Crippen LogP) is 2.23. The third-order valence-corrected chi connectivity index (χ3v) is 1.21. The van der Waals surface area contributed by atoms with E-state index < -0.39 is 0 Å². The lowest BCUT2D eigenvalue weighted by Crippen LogP contribution is -1.71. The van der Waals surface area contributed by atoms with Gasteiger partial charge in [-0.05, 0) is 6.92 Å². The van der Waals surface area contributed by atoms with Crippen LogP contribution in [0.5, 0.6) is 5.75 Å². The Balaban J connectivity index is 3.03. The largest absolute Gasteiger partial charge is 0.507 e. The van der Waals surface area contributed by atoms with Crippen LogP contribution in [-0.2, 0) is 0 Å². The number of phenolic OH excluding ortho intramolecular Hbond substituents is 1. The maximum Gasteiger partial charge on any atom is 0.130 e. The second kappa shape index (κ2) is 3.06. The van der Waals surface area contributed by atoms with Crippen LogP contribution < -0.4 is 0 Å². The van der Waals surface area contributed by atoms with Crippen LogP contribution in [-0.4, -0.2) is 5.11 Å². The van der Waals surface area contributed by atoms with Crippen LogP contribution in [0.15, 0.2) is 24.3 Å². The topological polar surface area (TPSA) is 20.2 Å². The highest BCUT2D eigenvalue weighted by atomic mass is 16.3. The zero-order chi connectivity index (χ0) is 7.40. The van der Waals surface area contributed by atoms with Crippen LogP contribution in [0.3, 0.4) is 0 Å². The number of allylic oxidation sites excluding steroid dienone is 1. The Bertz CT molecular complexity index is 238. The molecule has 0 spiro atoms. The van der Waals surface area contributed by atoms with Gasteiger partial charge >= 0.3 is 0 Å². The molecule has 0 aliphatic heterocycles. The van der Waals surface area contributed by atoms with E-state index in [1.165, 1.54) is 0 Å². The average Bonchev–Trinajstić information content (AvgIpc) is 1.94. The van der Waals surface area contributed by atoms with Gasteiger partial charge in [-0.2, -0.15) is 0 Å². The number of hydrogen-bond donors (Lipinski definition) is 1. The standard InChI is InChI=1S/C9H9O/c1-2-5-8-6-3-4-7-9(8)10/h2-6,10H,1H3. The van der Waals surface area contributed by atoms with E-state index in [9.17, 15) is 0 Å². The molecule has 0 unspecified atom stereocenters. The number of aromatic hydroxyl groups is 1. The van der Waals surface area contributed by atoms with Crippen molar-refractivity contribution in [1.29, 1.82) is 0 Å². The van der Waals surface area contributed by atoms with Gasteiger partial charge in [0.2, 0.25) is 0 Å². The van der Waals surface area contributed by atoms with Gasteiger partial charge in [-0.15, -0.1) is 0 Å². The summed E-state index contributed by atoms with van der Waals surface area (Å²) in [5, 5.41) is 9.13. The van der Waals surface area contributed by atoms with Crippen molar-refractivity contribution >= 4 is 6.08 Å². The summed E-state index contributed by atoms with van der Waals surface area (Å²) in [6.45, 7) is 1.91. The maximum atomic E-state index is 9.13. The average molecular weight is 133 g/mol. The third-order valence-electron chi connectivity index (χ3n) is 1.21. The van der Waals surface area contributed by atoms with E-state index in [-0.39, 0.29) is 5.75 Å². The van der Waals surface area contributed by atoms with Crippen LogP contribution in [0.2, 0.25) is 0 Å². The van der Waals surface area contributed by atoms with Gasteiger partial charge < -0.3 is 5.11 Å². The smallest absolute Gasteiger partial charge is 0.130 e. The Kier molecular flexibility index (Phi) is 2.11. The maximum absolute atomic E-state index is 9.13. The van der Waals surface area contributed by atoms with E-state index in [4.69, 9.17) is 5.11 Å². The lowest BCUT2D eigenvalue weighted by atomic mass is 10.2. The Morgan fingerprint density at radius 1 is 1.60 bits per heavy atom. The van der Waals surface area contributed by atoms with E-state index in [0.717, 1.165) is 5.56 Å². The molecule has 0 fully saturated rings. The first kappa shape index (κ1) is 6.87. The van der Waals surface area contributed by atoms with Gasteiger partial charge in [0.05, 0.1) is 0 Å². The molecule has 1 rings (SSSR count). The van der Waals surface area contributed by atoms with Crippen LogP contribution >= 0.6 is 0 Å². The minimum atomic E-state index is 0.209. The minimum Gasteiger partial charge on any atom is -0.507 e. The number of phenols is 1. The van der Waals surface area contributed by atoms with Gasteiger partial charge in [0.1, 0.15) is 5.75 Å². The molecule has 1 heteroatoms. The summed E-state index contributed by atoms with van der Waals surface area (Å²) in [5.74, 6) is 0.209. The molecular formula is C9H9O. The summed E-state index contributed by atoms with van der Waals surface area (Å²) >= 11 is 0. The molecular weight excluding hydrogens is 124 g/mol. The first-order valence-corrected chi connectivity index (χ1v) is 3.17. The monoisotopic (exact) mass is 133 g/mol. The van der Waals surface area contributed by atoms with E-state index in [2.05, 4.69) is 6.07 Å². The van der Waals surface area contributed by atoms with Gasteiger partial charge in [0, 0.05) is 11.6 Å². The van der Waals surface area contributed by atoms with Crippen LogP contribution in [0.25, 0.3) is 6.08 Å². The molecule has 10 heavy (non-hydrogen) atoms. The molecule has 0 bridgehead atoms. The first-order valence-electron chi connectivity index (χ1n) is 3.17. The fourth-order valence-electron chi connectivity index (χ4n) is 0.755. The molecule has 0 atom stereocenters. The zero-order valence-corrected chi connectivity index (χ0v) is 5.83. The van der Waals surface area contributed by atoms with Crippen molar-refractivity contribution in [2.45, 2.75) is 6.92 Å². The van der Waals surface area contributed by atoms with Crippen molar-refractivity contribution in [3.8, 4) is 5.75 Å². The molecule has 1 radical (unpaired) electrons. The van der Waals surface area contributed by atoms with E-state index in [1.807, 2.05) is 31.2 Å². The van der Waals surface area contributed by atoms with E-state index in [1.54, 1.807) is 6.07 Å². The van der Waals surface area contributed by atoms with Gasteiger partial charge in [0.15, 0.2) is 0 Å². The first-order chi connectivity index (χ1) is 4.84. The molecule has 1 N–H and O–H groups in total. The summed E-state index contributed by atoms with van der Waals surface area (Å²) in [6.07, 6.45) is 3.72. The predicted molar refractivity (Wildman–Crippen MR) is 41.7 cm³/mol. The summed E-state index contributed by atoms with van der Waals surface area (Å²) in [5.41, 5.74) is 0.810. The van der Waals surface area contributed by atoms with Crippen molar-refractivity contribution in [2.24, 2.45) is 0 Å². The lowest BCUT2D eigenvalue weighted by Gasteiger charge is -1.94. The number of para-hydroxylation sites is 1. The minimum absolute atomic E-state index is 0.209. The summed E-state index contributed by atoms with van der Waals surface area (Å²) in [6, 6.07) is 8.05. The van der Waals surface area contributed by atoms with Crippen LogP contribution in [0, 0.1) is 6.07 Å². The molecule has 51 valence electrons. The Morgan fingerprint density at radius 2 is 2.40 bits per heavy atom. The van der Waals surface area contributed by atoms with E-state index >= 15 is 0 Å². The van der Waals surface area contributed by atoms with Crippen molar-refractivity contribution in [3.05, 3.63) is 35.9 Å². The molecule has 1 nitrogen and oxygen atoms in total. The van der Waals surface area contributed by atoms with Crippen LogP contribution in [0.4, 0.5) is 0 Å². The Morgan fingerprint density at radius 3 is 3.00 bits per heavy atom. The SMILES string of the molecule is CC=Cc1ccc[c]c1O. The van der Waals surface area contributed by atoms with Gasteiger partial charge in [-0.25, -0.2) is 0 Å². The second-order valence-electron chi connectivity index (χ2n) is 1.97. The Labute approximate surface area is 60.6 Å². The molecule has 1 aromatic rings. The van der Waals surface area contributed by atoms with Crippen molar-refractivity contribution in [3.63, 3.8) is 0 Å². The molecule has 0 aliphatic carbocycles. The fraction of sp³-hybridized carbons (Fsp3) is 0.111. The highest BCUT2D eigenvalue weighted by molar-refractivity contribution is 5.55. The third kappa shape index (κ3) is 1.38. The molecule has 0 amide bonds. The quantitative estimate of drug-likeness (QED) is 0.622. The zero-order valence-electron chi connectivity index (χ0n) is 5.83. The van der Waals surface area contributed by atoms with Crippen molar-refractivity contribution < 1.29 is 5.11 Å². The molecule has 0 saturated heterocycles.